The highest BCUT2D eigenvalue weighted by Gasteiger charge is 2.32. The fraction of sp³-hybridized carbons (Fsp3) is 0.462. The summed E-state index contributed by atoms with van der Waals surface area (Å²) in [5.41, 5.74) is -0.405. The molecule has 20 heavy (non-hydrogen) atoms. The van der Waals surface area contributed by atoms with Crippen molar-refractivity contribution in [2.24, 2.45) is 0 Å². The van der Waals surface area contributed by atoms with Gasteiger partial charge in [0.2, 0.25) is 0 Å². The maximum Gasteiger partial charge on any atom is 0.315 e. The molecule has 0 saturated heterocycles. The third kappa shape index (κ3) is 2.99. The van der Waals surface area contributed by atoms with Gasteiger partial charge in [-0.05, 0) is 27.7 Å². The van der Waals surface area contributed by atoms with Crippen molar-refractivity contribution in [1.29, 1.82) is 0 Å². The Morgan fingerprint density at radius 3 is 2.75 bits per heavy atom. The van der Waals surface area contributed by atoms with Gasteiger partial charge < -0.3 is 10.4 Å². The first kappa shape index (κ1) is 14.9. The van der Waals surface area contributed by atoms with Crippen LogP contribution in [-0.4, -0.2) is 21.0 Å². The van der Waals surface area contributed by atoms with Gasteiger partial charge in [0.1, 0.15) is 10.4 Å². The topological polar surface area (TPSA) is 75.1 Å². The second-order valence-corrected chi connectivity index (χ2v) is 7.27. The standard InChI is InChI=1S/C13H17N3O2S2/c1-7-5-14-10(20-7)8(2)15-12-16-9(6-19-12)13(3,4)11(17)18/h5-6,8H,1-4H3,(H,15,16)(H,17,18). The van der Waals surface area contributed by atoms with Crippen LogP contribution in [0.5, 0.6) is 0 Å². The van der Waals surface area contributed by atoms with Crippen molar-refractivity contribution in [3.63, 3.8) is 0 Å². The fourth-order valence-corrected chi connectivity index (χ4v) is 3.30. The van der Waals surface area contributed by atoms with E-state index in [4.69, 9.17) is 0 Å². The molecule has 7 heteroatoms. The van der Waals surface area contributed by atoms with Crippen LogP contribution < -0.4 is 5.32 Å². The van der Waals surface area contributed by atoms with Gasteiger partial charge in [-0.2, -0.15) is 0 Å². The Kier molecular flexibility index (Phi) is 4.10. The minimum atomic E-state index is -0.975. The molecule has 2 rings (SSSR count). The number of aryl methyl sites for hydroxylation is 1. The van der Waals surface area contributed by atoms with E-state index in [2.05, 4.69) is 15.3 Å². The summed E-state index contributed by atoms with van der Waals surface area (Å²) < 4.78 is 0. The summed E-state index contributed by atoms with van der Waals surface area (Å²) >= 11 is 3.06. The quantitative estimate of drug-likeness (QED) is 0.884. The molecule has 1 unspecified atom stereocenters. The van der Waals surface area contributed by atoms with Gasteiger partial charge in [0.05, 0.1) is 11.7 Å². The van der Waals surface area contributed by atoms with E-state index >= 15 is 0 Å². The number of nitrogens with one attached hydrogen (secondary N) is 1. The van der Waals surface area contributed by atoms with Crippen LogP contribution in [0.2, 0.25) is 0 Å². The van der Waals surface area contributed by atoms with Gasteiger partial charge in [0.25, 0.3) is 0 Å². The lowest BCUT2D eigenvalue weighted by molar-refractivity contribution is -0.142. The van der Waals surface area contributed by atoms with Gasteiger partial charge in [0, 0.05) is 16.5 Å². The molecule has 5 nitrogen and oxygen atoms in total. The Hall–Kier alpha value is -1.47. The third-order valence-corrected chi connectivity index (χ3v) is 4.90. The van der Waals surface area contributed by atoms with Gasteiger partial charge in [-0.3, -0.25) is 4.79 Å². The Labute approximate surface area is 125 Å². The molecular formula is C13H17N3O2S2. The molecule has 0 amide bonds. The van der Waals surface area contributed by atoms with E-state index in [-0.39, 0.29) is 6.04 Å². The van der Waals surface area contributed by atoms with Crippen molar-refractivity contribution in [1.82, 2.24) is 9.97 Å². The van der Waals surface area contributed by atoms with Crippen LogP contribution in [0.25, 0.3) is 0 Å². The number of aliphatic carboxylic acids is 1. The number of anilines is 1. The van der Waals surface area contributed by atoms with E-state index in [9.17, 15) is 9.90 Å². The largest absolute Gasteiger partial charge is 0.481 e. The molecule has 0 aliphatic heterocycles. The van der Waals surface area contributed by atoms with E-state index in [1.165, 1.54) is 16.2 Å². The maximum absolute atomic E-state index is 11.2. The van der Waals surface area contributed by atoms with Crippen LogP contribution in [0, 0.1) is 6.92 Å². The van der Waals surface area contributed by atoms with Gasteiger partial charge in [-0.25, -0.2) is 9.97 Å². The average molecular weight is 311 g/mol. The first-order valence-corrected chi connectivity index (χ1v) is 7.88. The first-order chi connectivity index (χ1) is 9.30. The average Bonchev–Trinajstić information content (AvgIpc) is 2.98. The third-order valence-electron chi connectivity index (χ3n) is 3.03. The van der Waals surface area contributed by atoms with E-state index in [0.717, 1.165) is 10.1 Å². The Morgan fingerprint density at radius 1 is 1.50 bits per heavy atom. The number of hydrogen-bond acceptors (Lipinski definition) is 6. The number of aromatic nitrogens is 2. The minimum Gasteiger partial charge on any atom is -0.481 e. The lowest BCUT2D eigenvalue weighted by Gasteiger charge is -2.16. The highest BCUT2D eigenvalue weighted by Crippen LogP contribution is 2.30. The summed E-state index contributed by atoms with van der Waals surface area (Å²) in [5.74, 6) is -0.877. The van der Waals surface area contributed by atoms with E-state index < -0.39 is 11.4 Å². The maximum atomic E-state index is 11.2. The van der Waals surface area contributed by atoms with Crippen LogP contribution in [-0.2, 0) is 10.2 Å². The van der Waals surface area contributed by atoms with Crippen molar-refractivity contribution < 1.29 is 9.90 Å². The number of hydrogen-bond donors (Lipinski definition) is 2. The summed E-state index contributed by atoms with van der Waals surface area (Å²) in [4.78, 5) is 21.1. The van der Waals surface area contributed by atoms with Crippen LogP contribution in [0.15, 0.2) is 11.6 Å². The molecule has 0 radical (unpaired) electrons. The van der Waals surface area contributed by atoms with Gasteiger partial charge >= 0.3 is 5.97 Å². The predicted octanol–water partition coefficient (Wildman–Crippen LogP) is 3.44. The SMILES string of the molecule is Cc1cnc(C(C)Nc2nc(C(C)(C)C(=O)O)cs2)s1. The molecule has 2 aromatic rings. The summed E-state index contributed by atoms with van der Waals surface area (Å²) in [6.45, 7) is 7.34. The molecule has 2 aromatic heterocycles. The zero-order chi connectivity index (χ0) is 14.9. The number of nitrogens with zero attached hydrogens (tertiary/aromatic N) is 2. The molecule has 0 aliphatic carbocycles. The summed E-state index contributed by atoms with van der Waals surface area (Å²) in [6.07, 6.45) is 1.85. The zero-order valence-corrected chi connectivity index (χ0v) is 13.4. The van der Waals surface area contributed by atoms with Crippen LogP contribution in [0.3, 0.4) is 0 Å². The monoisotopic (exact) mass is 311 g/mol. The molecule has 0 fully saturated rings. The molecule has 0 saturated carbocycles. The molecule has 0 aromatic carbocycles. The van der Waals surface area contributed by atoms with E-state index in [1.807, 2.05) is 20.0 Å². The molecule has 108 valence electrons. The molecule has 1 atom stereocenters. The number of carboxylic acids is 1. The zero-order valence-electron chi connectivity index (χ0n) is 11.8. The van der Waals surface area contributed by atoms with Gasteiger partial charge in [0.15, 0.2) is 5.13 Å². The number of thiazole rings is 2. The van der Waals surface area contributed by atoms with E-state index in [0.29, 0.717) is 5.69 Å². The van der Waals surface area contributed by atoms with Crippen LogP contribution >= 0.6 is 22.7 Å². The van der Waals surface area contributed by atoms with E-state index in [1.54, 1.807) is 30.6 Å². The summed E-state index contributed by atoms with van der Waals surface area (Å²) in [6, 6.07) is 0.0561. The Bertz CT molecular complexity index is 619. The number of rotatable bonds is 5. The second kappa shape index (κ2) is 5.49. The van der Waals surface area contributed by atoms with Gasteiger partial charge in [-0.1, -0.05) is 0 Å². The number of carboxylic acid groups (broad SMARTS) is 1. The molecule has 0 bridgehead atoms. The molecule has 0 spiro atoms. The van der Waals surface area contributed by atoms with Crippen LogP contribution in [0.1, 0.15) is 42.4 Å². The molecular weight excluding hydrogens is 294 g/mol. The van der Waals surface area contributed by atoms with Crippen molar-refractivity contribution in [2.45, 2.75) is 39.2 Å². The van der Waals surface area contributed by atoms with Crippen molar-refractivity contribution in [3.05, 3.63) is 27.2 Å². The van der Waals surface area contributed by atoms with Crippen molar-refractivity contribution in [2.75, 3.05) is 5.32 Å². The minimum absolute atomic E-state index is 0.0561. The lowest BCUT2D eigenvalue weighted by atomic mass is 9.90. The lowest BCUT2D eigenvalue weighted by Crippen LogP contribution is -2.28. The summed E-state index contributed by atoms with van der Waals surface area (Å²) in [7, 11) is 0. The Balaban J connectivity index is 2.12. The molecule has 2 N–H and O–H groups in total. The Morgan fingerprint density at radius 2 is 2.20 bits per heavy atom. The number of carbonyl (C=O) groups is 1. The van der Waals surface area contributed by atoms with Crippen molar-refractivity contribution in [3.8, 4) is 0 Å². The van der Waals surface area contributed by atoms with Crippen LogP contribution in [0.4, 0.5) is 5.13 Å². The normalized spacial score (nSPS) is 13.2. The second-order valence-electron chi connectivity index (χ2n) is 5.14. The fourth-order valence-electron chi connectivity index (χ4n) is 1.56. The van der Waals surface area contributed by atoms with Crippen molar-refractivity contribution >= 4 is 33.8 Å². The summed E-state index contributed by atoms with van der Waals surface area (Å²) in [5, 5.41) is 16.0. The van der Waals surface area contributed by atoms with Gasteiger partial charge in [-0.15, -0.1) is 22.7 Å². The highest BCUT2D eigenvalue weighted by atomic mass is 32.1. The molecule has 0 aliphatic rings. The molecule has 2 heterocycles. The predicted molar refractivity (Wildman–Crippen MR) is 81.7 cm³/mol. The highest BCUT2D eigenvalue weighted by molar-refractivity contribution is 7.14. The first-order valence-electron chi connectivity index (χ1n) is 6.19. The smallest absolute Gasteiger partial charge is 0.315 e.